The lowest BCUT2D eigenvalue weighted by Gasteiger charge is -1.97. The van der Waals surface area contributed by atoms with Crippen LogP contribution in [-0.4, -0.2) is 11.1 Å². The zero-order valence-corrected chi connectivity index (χ0v) is 6.22. The van der Waals surface area contributed by atoms with E-state index in [1.165, 1.54) is 18.2 Å². The highest BCUT2D eigenvalue weighted by atomic mass is 35.5. The third-order valence-electron chi connectivity index (χ3n) is 1.21. The second-order valence-electron chi connectivity index (χ2n) is 2.00. The van der Waals surface area contributed by atoms with E-state index in [1.54, 1.807) is 0 Å². The van der Waals surface area contributed by atoms with E-state index in [0.29, 0.717) is 5.02 Å². The Bertz CT molecular complexity index is 298. The van der Waals surface area contributed by atoms with Gasteiger partial charge < -0.3 is 10.8 Å². The third kappa shape index (κ3) is 1.62. The van der Waals surface area contributed by atoms with Crippen LogP contribution in [0, 0.1) is 0 Å². The average molecular weight is 171 g/mol. The molecule has 57 valence electrons. The lowest BCUT2D eigenvalue weighted by atomic mass is 10.2. The van der Waals surface area contributed by atoms with Gasteiger partial charge in [-0.1, -0.05) is 11.6 Å². The fourth-order valence-electron chi connectivity index (χ4n) is 0.693. The standard InChI is InChI=1S/C7H5ClNO2/c8-4-1-2-6(9)5(3-4)7(10)11/h1-3,9H,(H,10,11). The maximum atomic E-state index is 10.4. The first kappa shape index (κ1) is 7.88. The van der Waals surface area contributed by atoms with Gasteiger partial charge in [0.05, 0.1) is 11.3 Å². The Morgan fingerprint density at radius 3 is 2.64 bits per heavy atom. The number of aromatic carboxylic acids is 1. The number of carboxylic acid groups (broad SMARTS) is 1. The molecule has 3 nitrogen and oxygen atoms in total. The van der Waals surface area contributed by atoms with Crippen molar-refractivity contribution in [1.82, 2.24) is 5.73 Å². The molecule has 0 amide bonds. The summed E-state index contributed by atoms with van der Waals surface area (Å²) in [5.41, 5.74) is 7.06. The van der Waals surface area contributed by atoms with E-state index in [0.717, 1.165) is 0 Å². The maximum absolute atomic E-state index is 10.4. The van der Waals surface area contributed by atoms with Gasteiger partial charge in [0.25, 0.3) is 0 Å². The summed E-state index contributed by atoms with van der Waals surface area (Å²) in [6, 6.07) is 4.09. The summed E-state index contributed by atoms with van der Waals surface area (Å²) in [5, 5.41) is 8.84. The topological polar surface area (TPSA) is 61.1 Å². The van der Waals surface area contributed by atoms with Crippen molar-refractivity contribution in [2.75, 3.05) is 0 Å². The van der Waals surface area contributed by atoms with Gasteiger partial charge >= 0.3 is 5.97 Å². The minimum Gasteiger partial charge on any atom is -0.478 e. The van der Waals surface area contributed by atoms with Gasteiger partial charge in [0.15, 0.2) is 0 Å². The first-order valence-corrected chi connectivity index (χ1v) is 3.23. The Kier molecular flexibility index (Phi) is 2.01. The molecular formula is C7H5ClNO2. The van der Waals surface area contributed by atoms with Crippen LogP contribution in [0.4, 0.5) is 5.69 Å². The second-order valence-corrected chi connectivity index (χ2v) is 2.43. The molecule has 0 saturated heterocycles. The van der Waals surface area contributed by atoms with Crippen molar-refractivity contribution in [3.8, 4) is 0 Å². The number of rotatable bonds is 1. The van der Waals surface area contributed by atoms with Crippen LogP contribution in [0.15, 0.2) is 18.2 Å². The molecule has 1 aromatic carbocycles. The molecule has 0 aromatic heterocycles. The van der Waals surface area contributed by atoms with E-state index in [2.05, 4.69) is 0 Å². The minimum absolute atomic E-state index is 0.0260. The number of hydrogen-bond acceptors (Lipinski definition) is 1. The Morgan fingerprint density at radius 1 is 1.55 bits per heavy atom. The van der Waals surface area contributed by atoms with Crippen LogP contribution in [0.25, 0.3) is 0 Å². The van der Waals surface area contributed by atoms with Crippen LogP contribution >= 0.6 is 11.6 Å². The first-order chi connectivity index (χ1) is 5.11. The Morgan fingerprint density at radius 2 is 2.18 bits per heavy atom. The maximum Gasteiger partial charge on any atom is 0.337 e. The van der Waals surface area contributed by atoms with Crippen LogP contribution in [-0.2, 0) is 0 Å². The average Bonchev–Trinajstić information content (AvgIpc) is 1.94. The van der Waals surface area contributed by atoms with Gasteiger partial charge in [-0.15, -0.1) is 0 Å². The largest absolute Gasteiger partial charge is 0.478 e. The highest BCUT2D eigenvalue weighted by molar-refractivity contribution is 6.31. The SMILES string of the molecule is [NH]c1ccc(Cl)cc1C(=O)O. The molecule has 11 heavy (non-hydrogen) atoms. The summed E-state index contributed by atoms with van der Waals surface area (Å²) >= 11 is 5.51. The molecular weight excluding hydrogens is 166 g/mol. The molecule has 0 aliphatic heterocycles. The highest BCUT2D eigenvalue weighted by Gasteiger charge is 2.07. The van der Waals surface area contributed by atoms with E-state index < -0.39 is 5.97 Å². The van der Waals surface area contributed by atoms with Gasteiger partial charge in [0.1, 0.15) is 0 Å². The number of hydrogen-bond donors (Lipinski definition) is 1. The van der Waals surface area contributed by atoms with Crippen LogP contribution in [0.2, 0.25) is 5.02 Å². The smallest absolute Gasteiger partial charge is 0.337 e. The Balaban J connectivity index is 3.23. The van der Waals surface area contributed by atoms with Crippen LogP contribution in [0.5, 0.6) is 0 Å². The number of halogens is 1. The quantitative estimate of drug-likeness (QED) is 0.700. The van der Waals surface area contributed by atoms with Gasteiger partial charge in [-0.05, 0) is 18.2 Å². The summed E-state index contributed by atoms with van der Waals surface area (Å²) < 4.78 is 0. The molecule has 0 heterocycles. The molecule has 1 aromatic rings. The van der Waals surface area contributed by atoms with Crippen molar-refractivity contribution >= 4 is 23.3 Å². The number of carbonyl (C=O) groups is 1. The third-order valence-corrected chi connectivity index (χ3v) is 1.45. The lowest BCUT2D eigenvalue weighted by Crippen LogP contribution is -1.97. The molecule has 2 N–H and O–H groups in total. The van der Waals surface area contributed by atoms with E-state index in [4.69, 9.17) is 22.4 Å². The summed E-state index contributed by atoms with van der Waals surface area (Å²) in [6.07, 6.45) is 0. The lowest BCUT2D eigenvalue weighted by molar-refractivity contribution is 0.0698. The van der Waals surface area contributed by atoms with Crippen molar-refractivity contribution in [1.29, 1.82) is 0 Å². The molecule has 0 fully saturated rings. The number of benzene rings is 1. The zero-order valence-electron chi connectivity index (χ0n) is 5.47. The van der Waals surface area contributed by atoms with Gasteiger partial charge in [0, 0.05) is 5.02 Å². The Hall–Kier alpha value is -1.22. The van der Waals surface area contributed by atoms with Crippen molar-refractivity contribution in [3.63, 3.8) is 0 Å². The van der Waals surface area contributed by atoms with E-state index >= 15 is 0 Å². The summed E-state index contributed by atoms with van der Waals surface area (Å²) in [4.78, 5) is 10.4. The molecule has 0 bridgehead atoms. The van der Waals surface area contributed by atoms with E-state index in [9.17, 15) is 4.79 Å². The molecule has 0 aliphatic carbocycles. The van der Waals surface area contributed by atoms with E-state index in [1.807, 2.05) is 0 Å². The van der Waals surface area contributed by atoms with Crippen molar-refractivity contribution in [3.05, 3.63) is 28.8 Å². The number of nitrogens with one attached hydrogen (secondary N) is 1. The summed E-state index contributed by atoms with van der Waals surface area (Å²) in [7, 11) is 0. The van der Waals surface area contributed by atoms with Gasteiger partial charge in [0.2, 0.25) is 0 Å². The normalized spacial score (nSPS) is 9.55. The molecule has 0 aliphatic rings. The van der Waals surface area contributed by atoms with Gasteiger partial charge in [-0.25, -0.2) is 4.79 Å². The molecule has 0 unspecified atom stereocenters. The summed E-state index contributed by atoms with van der Waals surface area (Å²) in [6.45, 7) is 0. The molecule has 0 spiro atoms. The fraction of sp³-hybridized carbons (Fsp3) is 0. The number of carboxylic acids is 1. The minimum atomic E-state index is -1.13. The molecule has 1 radical (unpaired) electrons. The van der Waals surface area contributed by atoms with Crippen molar-refractivity contribution < 1.29 is 9.90 Å². The van der Waals surface area contributed by atoms with Crippen LogP contribution in [0.1, 0.15) is 10.4 Å². The van der Waals surface area contributed by atoms with Crippen molar-refractivity contribution in [2.45, 2.75) is 0 Å². The van der Waals surface area contributed by atoms with Gasteiger partial charge in [-0.3, -0.25) is 0 Å². The predicted octanol–water partition coefficient (Wildman–Crippen LogP) is 1.95. The second kappa shape index (κ2) is 2.80. The van der Waals surface area contributed by atoms with E-state index in [-0.39, 0.29) is 11.3 Å². The molecule has 4 heteroatoms. The fourth-order valence-corrected chi connectivity index (χ4v) is 0.866. The monoisotopic (exact) mass is 170 g/mol. The first-order valence-electron chi connectivity index (χ1n) is 2.85. The zero-order chi connectivity index (χ0) is 8.43. The Labute approximate surface area is 68.4 Å². The summed E-state index contributed by atoms with van der Waals surface area (Å²) in [5.74, 6) is -1.13. The molecule has 1 rings (SSSR count). The molecule has 0 saturated carbocycles. The van der Waals surface area contributed by atoms with Crippen LogP contribution < -0.4 is 5.73 Å². The highest BCUT2D eigenvalue weighted by Crippen LogP contribution is 2.18. The van der Waals surface area contributed by atoms with Crippen molar-refractivity contribution in [2.24, 2.45) is 0 Å². The van der Waals surface area contributed by atoms with Gasteiger partial charge in [-0.2, -0.15) is 0 Å². The van der Waals surface area contributed by atoms with Crippen LogP contribution in [0.3, 0.4) is 0 Å². The molecule has 0 atom stereocenters. The predicted molar refractivity (Wildman–Crippen MR) is 41.2 cm³/mol.